The fourth-order valence-electron chi connectivity index (χ4n) is 5.05. The molecular formula is C26H25N7. The zero-order valence-corrected chi connectivity index (χ0v) is 18.6. The van der Waals surface area contributed by atoms with Crippen molar-refractivity contribution < 1.29 is 0 Å². The van der Waals surface area contributed by atoms with E-state index in [1.807, 2.05) is 24.4 Å². The number of unbranched alkanes of at least 4 members (excludes halogenated alkanes) is 1. The number of benzene rings is 2. The van der Waals surface area contributed by atoms with E-state index in [-0.39, 0.29) is 6.04 Å². The Balaban J connectivity index is 1.42. The van der Waals surface area contributed by atoms with E-state index < -0.39 is 0 Å². The van der Waals surface area contributed by atoms with E-state index in [9.17, 15) is 0 Å². The average molecular weight is 436 g/mol. The molecule has 0 aliphatic heterocycles. The molecule has 3 aromatic heterocycles. The van der Waals surface area contributed by atoms with Crippen molar-refractivity contribution in [2.45, 2.75) is 45.1 Å². The first-order chi connectivity index (χ1) is 16.3. The Morgan fingerprint density at radius 2 is 1.97 bits per heavy atom. The molecule has 1 aliphatic carbocycles. The number of pyridine rings is 1. The Kier molecular flexibility index (Phi) is 4.94. The number of H-pyrrole nitrogens is 1. The second-order valence-electron chi connectivity index (χ2n) is 8.60. The molecule has 5 aromatic rings. The van der Waals surface area contributed by atoms with Gasteiger partial charge in [0.1, 0.15) is 11.3 Å². The minimum atomic E-state index is 0.272. The van der Waals surface area contributed by atoms with Crippen LogP contribution in [0.15, 0.2) is 60.8 Å². The maximum absolute atomic E-state index is 4.95. The summed E-state index contributed by atoms with van der Waals surface area (Å²) in [4.78, 5) is 9.66. The number of hydrogen-bond donors (Lipinski definition) is 1. The lowest BCUT2D eigenvalue weighted by molar-refractivity contribution is 0.556. The molecule has 2 aromatic carbocycles. The fraction of sp³-hybridized carbons (Fsp3) is 0.269. The topological polar surface area (TPSA) is 85.2 Å². The van der Waals surface area contributed by atoms with Gasteiger partial charge in [0.05, 0.1) is 6.04 Å². The fourth-order valence-corrected chi connectivity index (χ4v) is 5.05. The summed E-state index contributed by atoms with van der Waals surface area (Å²) in [5, 5.41) is 14.7. The van der Waals surface area contributed by atoms with Gasteiger partial charge >= 0.3 is 0 Å². The van der Waals surface area contributed by atoms with E-state index in [0.29, 0.717) is 5.82 Å². The van der Waals surface area contributed by atoms with E-state index in [0.717, 1.165) is 60.2 Å². The van der Waals surface area contributed by atoms with Crippen LogP contribution in [0, 0.1) is 0 Å². The van der Waals surface area contributed by atoms with Crippen LogP contribution < -0.4 is 0 Å². The molecular weight excluding hydrogens is 410 g/mol. The third-order valence-electron chi connectivity index (χ3n) is 6.60. The monoisotopic (exact) mass is 435 g/mol. The van der Waals surface area contributed by atoms with Gasteiger partial charge in [0.2, 0.25) is 5.82 Å². The molecule has 0 bridgehead atoms. The number of hydrogen-bond acceptors (Lipinski definition) is 5. The summed E-state index contributed by atoms with van der Waals surface area (Å²) in [7, 11) is 0. The molecule has 1 N–H and O–H groups in total. The predicted octanol–water partition coefficient (Wildman–Crippen LogP) is 5.16. The molecule has 1 aliphatic rings. The van der Waals surface area contributed by atoms with Crippen LogP contribution in [-0.4, -0.2) is 35.2 Å². The van der Waals surface area contributed by atoms with Crippen molar-refractivity contribution in [1.29, 1.82) is 0 Å². The highest BCUT2D eigenvalue weighted by atomic mass is 15.5. The zero-order valence-electron chi connectivity index (χ0n) is 18.6. The molecule has 7 heteroatoms. The average Bonchev–Trinajstić information content (AvgIpc) is 3.60. The van der Waals surface area contributed by atoms with Crippen molar-refractivity contribution in [3.63, 3.8) is 0 Å². The molecule has 33 heavy (non-hydrogen) atoms. The van der Waals surface area contributed by atoms with Crippen LogP contribution in [0.3, 0.4) is 0 Å². The summed E-state index contributed by atoms with van der Waals surface area (Å²) in [6.45, 7) is 2.23. The van der Waals surface area contributed by atoms with Gasteiger partial charge in [-0.15, -0.1) is 10.2 Å². The summed E-state index contributed by atoms with van der Waals surface area (Å²) in [5.41, 5.74) is 8.01. The summed E-state index contributed by atoms with van der Waals surface area (Å²) in [5.74, 6) is 1.76. The molecule has 0 saturated carbocycles. The number of fused-ring (bicyclic) bond motifs is 2. The van der Waals surface area contributed by atoms with E-state index in [2.05, 4.69) is 68.5 Å². The van der Waals surface area contributed by atoms with E-state index in [4.69, 9.17) is 9.97 Å². The van der Waals surface area contributed by atoms with Crippen molar-refractivity contribution in [2.75, 3.05) is 0 Å². The van der Waals surface area contributed by atoms with Gasteiger partial charge in [-0.1, -0.05) is 55.8 Å². The summed E-state index contributed by atoms with van der Waals surface area (Å²) < 4.78 is 2.39. The van der Waals surface area contributed by atoms with Crippen molar-refractivity contribution in [1.82, 2.24) is 35.2 Å². The Hall–Kier alpha value is -3.87. The SMILES string of the molecule is CCCCc1nc2cccnc2n1C1CCc2cc(-c3ccccc3-c3nn[nH]n3)ccc21. The van der Waals surface area contributed by atoms with Gasteiger partial charge in [-0.05, 0) is 58.9 Å². The van der Waals surface area contributed by atoms with Crippen LogP contribution in [0.1, 0.15) is 49.2 Å². The van der Waals surface area contributed by atoms with Crippen LogP contribution in [0.25, 0.3) is 33.7 Å². The highest BCUT2D eigenvalue weighted by Crippen LogP contribution is 2.40. The molecule has 6 rings (SSSR count). The molecule has 7 nitrogen and oxygen atoms in total. The molecule has 0 amide bonds. The highest BCUT2D eigenvalue weighted by molar-refractivity contribution is 5.81. The van der Waals surface area contributed by atoms with Gasteiger partial charge < -0.3 is 4.57 Å². The largest absolute Gasteiger partial charge is 0.305 e. The molecule has 3 heterocycles. The van der Waals surface area contributed by atoms with E-state index in [1.54, 1.807) is 0 Å². The van der Waals surface area contributed by atoms with Gasteiger partial charge in [-0.3, -0.25) is 0 Å². The molecule has 0 fully saturated rings. The molecule has 1 atom stereocenters. The van der Waals surface area contributed by atoms with Crippen molar-refractivity contribution in [2.24, 2.45) is 0 Å². The van der Waals surface area contributed by atoms with Gasteiger partial charge in [0, 0.05) is 18.2 Å². The number of aryl methyl sites for hydroxylation is 2. The number of rotatable bonds is 6. The smallest absolute Gasteiger partial charge is 0.205 e. The minimum Gasteiger partial charge on any atom is -0.305 e. The number of imidazole rings is 1. The quantitative estimate of drug-likeness (QED) is 0.398. The molecule has 1 unspecified atom stereocenters. The minimum absolute atomic E-state index is 0.272. The third kappa shape index (κ3) is 3.40. The number of nitrogens with zero attached hydrogens (tertiary/aromatic N) is 6. The maximum atomic E-state index is 4.95. The van der Waals surface area contributed by atoms with Crippen molar-refractivity contribution in [3.05, 3.63) is 77.7 Å². The van der Waals surface area contributed by atoms with Crippen molar-refractivity contribution in [3.8, 4) is 22.5 Å². The Morgan fingerprint density at radius 1 is 1.06 bits per heavy atom. The van der Waals surface area contributed by atoms with E-state index >= 15 is 0 Å². The second kappa shape index (κ2) is 8.24. The summed E-state index contributed by atoms with van der Waals surface area (Å²) >= 11 is 0. The molecule has 0 radical (unpaired) electrons. The zero-order chi connectivity index (χ0) is 22.2. The lowest BCUT2D eigenvalue weighted by Crippen LogP contribution is -2.12. The molecule has 0 spiro atoms. The predicted molar refractivity (Wildman–Crippen MR) is 128 cm³/mol. The standard InChI is InChI=1S/C26H25N7/c1-2-3-10-24-28-22-9-6-15-27-26(22)33(24)23-14-12-18-16-17(11-13-20(18)23)19-7-4-5-8-21(19)25-29-31-32-30-25/h4-9,11,13,15-16,23H,2-3,10,12,14H2,1H3,(H,29,30,31,32). The maximum Gasteiger partial charge on any atom is 0.205 e. The first kappa shape index (κ1) is 19.8. The Morgan fingerprint density at radius 3 is 2.82 bits per heavy atom. The lowest BCUT2D eigenvalue weighted by Gasteiger charge is -2.18. The number of nitrogens with one attached hydrogen (secondary N) is 1. The van der Waals surface area contributed by atoms with Crippen LogP contribution in [0.4, 0.5) is 0 Å². The first-order valence-corrected chi connectivity index (χ1v) is 11.6. The van der Waals surface area contributed by atoms with E-state index in [1.165, 1.54) is 16.7 Å². The van der Waals surface area contributed by atoms with Gasteiger partial charge in [0.15, 0.2) is 5.65 Å². The van der Waals surface area contributed by atoms with Crippen molar-refractivity contribution >= 4 is 11.2 Å². The number of aromatic nitrogens is 7. The van der Waals surface area contributed by atoms with Crippen LogP contribution in [0.5, 0.6) is 0 Å². The van der Waals surface area contributed by atoms with Crippen LogP contribution in [0.2, 0.25) is 0 Å². The third-order valence-corrected chi connectivity index (χ3v) is 6.60. The highest BCUT2D eigenvalue weighted by Gasteiger charge is 2.28. The van der Waals surface area contributed by atoms with Crippen LogP contribution >= 0.6 is 0 Å². The van der Waals surface area contributed by atoms with Gasteiger partial charge in [-0.25, -0.2) is 9.97 Å². The van der Waals surface area contributed by atoms with Crippen LogP contribution in [-0.2, 0) is 12.8 Å². The summed E-state index contributed by atoms with van der Waals surface area (Å²) in [6.07, 6.45) is 7.24. The first-order valence-electron chi connectivity index (χ1n) is 11.6. The Bertz CT molecular complexity index is 1420. The Labute approximate surface area is 191 Å². The molecule has 0 saturated heterocycles. The van der Waals surface area contributed by atoms with Gasteiger partial charge in [0.25, 0.3) is 0 Å². The summed E-state index contributed by atoms with van der Waals surface area (Å²) in [6, 6.07) is 19.4. The number of aromatic amines is 1. The van der Waals surface area contributed by atoms with Gasteiger partial charge in [-0.2, -0.15) is 5.21 Å². The lowest BCUT2D eigenvalue weighted by atomic mass is 9.96. The molecule has 164 valence electrons. The second-order valence-corrected chi connectivity index (χ2v) is 8.60. The normalized spacial score (nSPS) is 15.2. The number of tetrazole rings is 1.